The van der Waals surface area contributed by atoms with Crippen molar-refractivity contribution in [1.29, 1.82) is 0 Å². The Labute approximate surface area is 172 Å². The fourth-order valence-electron chi connectivity index (χ4n) is 3.39. The molecule has 1 atom stereocenters. The van der Waals surface area contributed by atoms with Gasteiger partial charge in [-0.05, 0) is 42.9 Å². The lowest BCUT2D eigenvalue weighted by atomic mass is 9.85. The van der Waals surface area contributed by atoms with Crippen molar-refractivity contribution in [1.82, 2.24) is 5.32 Å². The van der Waals surface area contributed by atoms with Crippen LogP contribution in [0.2, 0.25) is 0 Å². The van der Waals surface area contributed by atoms with Crippen molar-refractivity contribution in [3.63, 3.8) is 0 Å². The summed E-state index contributed by atoms with van der Waals surface area (Å²) in [5.74, 6) is -0.690. The maximum Gasteiger partial charge on any atom is 0.329 e. The summed E-state index contributed by atoms with van der Waals surface area (Å²) in [6, 6.07) is 3.53. The summed E-state index contributed by atoms with van der Waals surface area (Å²) < 4.78 is 10.1. The summed E-state index contributed by atoms with van der Waals surface area (Å²) in [7, 11) is 0. The molecule has 0 radical (unpaired) electrons. The second-order valence-electron chi connectivity index (χ2n) is 6.92. The Morgan fingerprint density at radius 2 is 2.17 bits per heavy atom. The van der Waals surface area contributed by atoms with E-state index < -0.39 is 18.5 Å². The lowest BCUT2D eigenvalue weighted by Crippen LogP contribution is -2.26. The van der Waals surface area contributed by atoms with Gasteiger partial charge in [0.2, 0.25) is 0 Å². The molecular formula is C20H24N2O6S. The molecule has 1 aliphatic rings. The van der Waals surface area contributed by atoms with Gasteiger partial charge in [0.25, 0.3) is 11.8 Å². The predicted molar refractivity (Wildman–Crippen MR) is 107 cm³/mol. The normalized spacial score (nSPS) is 15.6. The molecule has 2 aromatic rings. The van der Waals surface area contributed by atoms with Crippen LogP contribution in [0.4, 0.5) is 5.00 Å². The second-order valence-corrected chi connectivity index (χ2v) is 8.03. The molecule has 0 unspecified atom stereocenters. The van der Waals surface area contributed by atoms with Gasteiger partial charge in [0.1, 0.15) is 24.0 Å². The zero-order chi connectivity index (χ0) is 20.8. The molecule has 0 saturated carbocycles. The summed E-state index contributed by atoms with van der Waals surface area (Å²) in [4.78, 5) is 36.7. The molecular weight excluding hydrogens is 396 g/mol. The number of furan rings is 1. The van der Waals surface area contributed by atoms with Gasteiger partial charge in [-0.3, -0.25) is 9.59 Å². The van der Waals surface area contributed by atoms with Gasteiger partial charge in [0.15, 0.2) is 0 Å². The standard InChI is InChI=1S/C20H24N2O6S/c1-2-12-5-6-14-15(8-12)29-20(22-16(23)10-27-11-17(24)25)18(14)19(26)21-9-13-4-3-7-28-13/h3-4,7,12H,2,5-6,8-11H2,1H3,(H,21,26)(H,22,23)(H,24,25)/t12-/m1/s1. The maximum atomic E-state index is 12.9. The van der Waals surface area contributed by atoms with Gasteiger partial charge >= 0.3 is 5.97 Å². The lowest BCUT2D eigenvalue weighted by molar-refractivity contribution is -0.143. The number of hydrogen-bond acceptors (Lipinski definition) is 6. The third-order valence-corrected chi connectivity index (χ3v) is 6.06. The number of carboxylic acids is 1. The van der Waals surface area contributed by atoms with E-state index in [1.165, 1.54) is 11.3 Å². The Kier molecular flexibility index (Phi) is 7.05. The van der Waals surface area contributed by atoms with Crippen LogP contribution in [0.1, 0.15) is 46.3 Å². The molecule has 3 rings (SSSR count). The van der Waals surface area contributed by atoms with E-state index in [2.05, 4.69) is 17.6 Å². The molecule has 2 aromatic heterocycles. The Balaban J connectivity index is 1.76. The van der Waals surface area contributed by atoms with Crippen molar-refractivity contribution < 1.29 is 28.6 Å². The minimum Gasteiger partial charge on any atom is -0.480 e. The maximum absolute atomic E-state index is 12.9. The van der Waals surface area contributed by atoms with Crippen LogP contribution in [0.3, 0.4) is 0 Å². The van der Waals surface area contributed by atoms with Crippen molar-refractivity contribution >= 4 is 34.1 Å². The second kappa shape index (κ2) is 9.71. The number of ether oxygens (including phenoxy) is 1. The number of nitrogens with one attached hydrogen (secondary N) is 2. The van der Waals surface area contributed by atoms with Gasteiger partial charge in [0.05, 0.1) is 18.4 Å². The number of carbonyl (C=O) groups is 3. The average molecular weight is 420 g/mol. The van der Waals surface area contributed by atoms with Crippen LogP contribution >= 0.6 is 11.3 Å². The molecule has 0 aliphatic heterocycles. The van der Waals surface area contributed by atoms with Crippen LogP contribution in [0, 0.1) is 5.92 Å². The Morgan fingerprint density at radius 1 is 1.34 bits per heavy atom. The number of anilines is 1. The number of amides is 2. The molecule has 0 saturated heterocycles. The van der Waals surface area contributed by atoms with E-state index in [1.54, 1.807) is 18.4 Å². The highest BCUT2D eigenvalue weighted by atomic mass is 32.1. The van der Waals surface area contributed by atoms with E-state index in [-0.39, 0.29) is 19.1 Å². The quantitative estimate of drug-likeness (QED) is 0.574. The van der Waals surface area contributed by atoms with Crippen molar-refractivity contribution in [2.75, 3.05) is 18.5 Å². The molecule has 8 nitrogen and oxygen atoms in total. The van der Waals surface area contributed by atoms with Crippen LogP contribution < -0.4 is 10.6 Å². The molecule has 0 aromatic carbocycles. The van der Waals surface area contributed by atoms with Gasteiger partial charge in [-0.2, -0.15) is 0 Å². The molecule has 0 bridgehead atoms. The van der Waals surface area contributed by atoms with Crippen LogP contribution in [0.5, 0.6) is 0 Å². The van der Waals surface area contributed by atoms with E-state index in [0.717, 1.165) is 36.1 Å². The van der Waals surface area contributed by atoms with Crippen molar-refractivity contribution in [3.8, 4) is 0 Å². The van der Waals surface area contributed by atoms with Crippen molar-refractivity contribution in [2.24, 2.45) is 5.92 Å². The first-order chi connectivity index (χ1) is 14.0. The van der Waals surface area contributed by atoms with E-state index in [4.69, 9.17) is 14.3 Å². The fraction of sp³-hybridized carbons (Fsp3) is 0.450. The van der Waals surface area contributed by atoms with Crippen molar-refractivity contribution in [2.45, 2.75) is 39.2 Å². The van der Waals surface area contributed by atoms with E-state index >= 15 is 0 Å². The van der Waals surface area contributed by atoms with E-state index in [1.807, 2.05) is 0 Å². The number of thiophene rings is 1. The topological polar surface area (TPSA) is 118 Å². The highest BCUT2D eigenvalue weighted by Gasteiger charge is 2.29. The third kappa shape index (κ3) is 5.45. The first-order valence-electron chi connectivity index (χ1n) is 9.52. The highest BCUT2D eigenvalue weighted by Crippen LogP contribution is 2.40. The number of hydrogen-bond donors (Lipinski definition) is 3. The molecule has 1 aliphatic carbocycles. The van der Waals surface area contributed by atoms with Gasteiger partial charge < -0.3 is 24.9 Å². The third-order valence-electron chi connectivity index (χ3n) is 4.89. The minimum atomic E-state index is -1.15. The molecule has 9 heteroatoms. The average Bonchev–Trinajstić information content (AvgIpc) is 3.32. The number of rotatable bonds is 9. The van der Waals surface area contributed by atoms with E-state index in [9.17, 15) is 14.4 Å². The summed E-state index contributed by atoms with van der Waals surface area (Å²) in [5, 5.41) is 14.7. The molecule has 0 fully saturated rings. The highest BCUT2D eigenvalue weighted by molar-refractivity contribution is 7.17. The van der Waals surface area contributed by atoms with Crippen LogP contribution in [-0.4, -0.2) is 36.1 Å². The number of fused-ring (bicyclic) bond motifs is 1. The summed E-state index contributed by atoms with van der Waals surface area (Å²) in [6.45, 7) is 1.47. The zero-order valence-corrected chi connectivity index (χ0v) is 17.0. The van der Waals surface area contributed by atoms with Crippen LogP contribution in [0.15, 0.2) is 22.8 Å². The van der Waals surface area contributed by atoms with Crippen molar-refractivity contribution in [3.05, 3.63) is 40.2 Å². The molecule has 29 heavy (non-hydrogen) atoms. The first-order valence-corrected chi connectivity index (χ1v) is 10.3. The minimum absolute atomic E-state index is 0.253. The number of carbonyl (C=O) groups excluding carboxylic acids is 2. The van der Waals surface area contributed by atoms with E-state index in [0.29, 0.717) is 22.2 Å². The Hall–Kier alpha value is -2.65. The monoisotopic (exact) mass is 420 g/mol. The number of carboxylic acid groups (broad SMARTS) is 1. The van der Waals surface area contributed by atoms with Gasteiger partial charge in [-0.1, -0.05) is 13.3 Å². The predicted octanol–water partition coefficient (Wildman–Crippen LogP) is 2.83. The summed E-state index contributed by atoms with van der Waals surface area (Å²) in [6.07, 6.45) is 5.30. The van der Waals surface area contributed by atoms with Gasteiger partial charge in [0, 0.05) is 4.88 Å². The molecule has 2 heterocycles. The molecule has 2 amide bonds. The summed E-state index contributed by atoms with van der Waals surface area (Å²) >= 11 is 1.41. The SMILES string of the molecule is CC[C@@H]1CCc2c(sc(NC(=O)COCC(=O)O)c2C(=O)NCc2ccco2)C1. The van der Waals surface area contributed by atoms with Gasteiger partial charge in [-0.15, -0.1) is 11.3 Å². The molecule has 0 spiro atoms. The lowest BCUT2D eigenvalue weighted by Gasteiger charge is -2.21. The molecule has 3 N–H and O–H groups in total. The summed E-state index contributed by atoms with van der Waals surface area (Å²) in [5.41, 5.74) is 1.47. The first kappa shape index (κ1) is 21.1. The molecule has 156 valence electrons. The Morgan fingerprint density at radius 3 is 2.86 bits per heavy atom. The smallest absolute Gasteiger partial charge is 0.329 e. The van der Waals surface area contributed by atoms with Gasteiger partial charge in [-0.25, -0.2) is 4.79 Å². The zero-order valence-electron chi connectivity index (χ0n) is 16.2. The number of aliphatic carboxylic acids is 1. The Bertz CT molecular complexity index is 874. The van der Waals surface area contributed by atoms with Crippen LogP contribution in [-0.2, 0) is 33.7 Å². The fourth-order valence-corrected chi connectivity index (χ4v) is 4.77. The largest absolute Gasteiger partial charge is 0.480 e. The van der Waals surface area contributed by atoms with Crippen LogP contribution in [0.25, 0.3) is 0 Å².